The van der Waals surface area contributed by atoms with E-state index in [0.29, 0.717) is 28.4 Å². The molecule has 5 rings (SSSR count). The van der Waals surface area contributed by atoms with Crippen LogP contribution in [-0.4, -0.2) is 23.5 Å². The summed E-state index contributed by atoms with van der Waals surface area (Å²) in [5.74, 6) is 0.0587. The zero-order valence-electron chi connectivity index (χ0n) is 18.3. The molecular weight excluding hydrogens is 438 g/mol. The van der Waals surface area contributed by atoms with Crippen LogP contribution >= 0.6 is 0 Å². The summed E-state index contributed by atoms with van der Waals surface area (Å²) < 4.78 is 10.7. The Kier molecular flexibility index (Phi) is 5.01. The van der Waals surface area contributed by atoms with E-state index in [-0.39, 0.29) is 23.8 Å². The fraction of sp³-hybridized carbons (Fsp3) is 0.120. The Labute approximate surface area is 194 Å². The molecule has 0 radical (unpaired) electrons. The van der Waals surface area contributed by atoms with Crippen molar-refractivity contribution in [2.24, 2.45) is 0 Å². The molecule has 0 unspecified atom stereocenters. The number of nitrogens with one attached hydrogen (secondary N) is 1. The zero-order valence-corrected chi connectivity index (χ0v) is 18.3. The molecule has 3 aromatic rings. The monoisotopic (exact) mass is 457 g/mol. The lowest BCUT2D eigenvalue weighted by Gasteiger charge is -2.18. The molecule has 2 amide bonds. The highest BCUT2D eigenvalue weighted by Gasteiger charge is 2.41. The molecule has 0 spiro atoms. The number of amides is 2. The highest BCUT2D eigenvalue weighted by atomic mass is 16.7. The van der Waals surface area contributed by atoms with Crippen LogP contribution in [0, 0.1) is 24.0 Å². The molecule has 0 fully saturated rings. The first-order valence-electron chi connectivity index (χ1n) is 10.5. The van der Waals surface area contributed by atoms with E-state index in [9.17, 15) is 19.7 Å². The van der Waals surface area contributed by atoms with Crippen molar-refractivity contribution in [3.8, 4) is 11.5 Å². The van der Waals surface area contributed by atoms with Gasteiger partial charge in [-0.05, 0) is 55.3 Å². The number of hydrogen-bond acceptors (Lipinski definition) is 7. The van der Waals surface area contributed by atoms with Crippen LogP contribution in [0.4, 0.5) is 17.1 Å². The van der Waals surface area contributed by atoms with Gasteiger partial charge in [0.05, 0.1) is 16.2 Å². The normalized spacial score (nSPS) is 14.7. The largest absolute Gasteiger partial charge is 0.454 e. The van der Waals surface area contributed by atoms with E-state index in [2.05, 4.69) is 5.32 Å². The van der Waals surface area contributed by atoms with E-state index < -0.39 is 16.7 Å². The number of nitro benzene ring substituents is 1. The molecule has 0 atom stereocenters. The lowest BCUT2D eigenvalue weighted by molar-refractivity contribution is -0.384. The molecule has 0 bridgehead atoms. The number of aryl methyl sites for hydroxylation is 2. The average molecular weight is 457 g/mol. The van der Waals surface area contributed by atoms with Gasteiger partial charge in [0, 0.05) is 23.9 Å². The lowest BCUT2D eigenvalue weighted by Crippen LogP contribution is -2.33. The molecule has 34 heavy (non-hydrogen) atoms. The van der Waals surface area contributed by atoms with Crippen molar-refractivity contribution in [1.29, 1.82) is 0 Å². The third-order valence-corrected chi connectivity index (χ3v) is 5.69. The van der Waals surface area contributed by atoms with Gasteiger partial charge in [-0.25, -0.2) is 4.90 Å². The van der Waals surface area contributed by atoms with Crippen molar-refractivity contribution < 1.29 is 24.0 Å². The Morgan fingerprint density at radius 2 is 1.65 bits per heavy atom. The molecule has 1 N–H and O–H groups in total. The second-order valence-electron chi connectivity index (χ2n) is 7.98. The quantitative estimate of drug-likeness (QED) is 0.345. The van der Waals surface area contributed by atoms with Crippen LogP contribution in [0.1, 0.15) is 16.7 Å². The van der Waals surface area contributed by atoms with Crippen LogP contribution in [0.3, 0.4) is 0 Å². The number of benzene rings is 3. The Hall–Kier alpha value is -4.66. The first kappa shape index (κ1) is 21.2. The number of nitrogens with zero attached hydrogens (tertiary/aromatic N) is 2. The summed E-state index contributed by atoms with van der Waals surface area (Å²) in [5.41, 5.74) is 3.24. The summed E-state index contributed by atoms with van der Waals surface area (Å²) in [6, 6.07) is 16.1. The minimum atomic E-state index is -0.525. The highest BCUT2D eigenvalue weighted by Crippen LogP contribution is 2.38. The van der Waals surface area contributed by atoms with Gasteiger partial charge in [-0.3, -0.25) is 19.7 Å². The predicted octanol–water partition coefficient (Wildman–Crippen LogP) is 4.34. The summed E-state index contributed by atoms with van der Waals surface area (Å²) in [4.78, 5) is 38.8. The maximum absolute atomic E-state index is 13.6. The number of non-ortho nitro benzene ring substituents is 1. The van der Waals surface area contributed by atoms with Crippen LogP contribution in [-0.2, 0) is 9.59 Å². The van der Waals surface area contributed by atoms with Gasteiger partial charge in [-0.15, -0.1) is 0 Å². The predicted molar refractivity (Wildman–Crippen MR) is 125 cm³/mol. The number of carbonyl (C=O) groups is 2. The van der Waals surface area contributed by atoms with E-state index in [0.717, 1.165) is 16.0 Å². The number of imide groups is 1. The molecule has 0 aliphatic carbocycles. The molecule has 2 aliphatic heterocycles. The van der Waals surface area contributed by atoms with Crippen LogP contribution < -0.4 is 19.7 Å². The molecule has 3 aromatic carbocycles. The number of hydrogen-bond donors (Lipinski definition) is 1. The Balaban J connectivity index is 1.60. The number of fused-ring (bicyclic) bond motifs is 1. The van der Waals surface area contributed by atoms with Crippen LogP contribution in [0.5, 0.6) is 11.5 Å². The van der Waals surface area contributed by atoms with E-state index in [4.69, 9.17) is 9.47 Å². The number of nitro groups is 1. The molecule has 2 aliphatic rings. The molecular formula is C25H19N3O6. The number of ether oxygens (including phenoxy) is 2. The third-order valence-electron chi connectivity index (χ3n) is 5.69. The van der Waals surface area contributed by atoms with Crippen LogP contribution in [0.15, 0.2) is 66.4 Å². The van der Waals surface area contributed by atoms with Crippen molar-refractivity contribution in [2.75, 3.05) is 17.0 Å². The first-order chi connectivity index (χ1) is 16.3. The van der Waals surface area contributed by atoms with Crippen LogP contribution in [0.2, 0.25) is 0 Å². The standard InChI is InChI=1S/C25H19N3O6/c1-14-3-9-19(15(2)11-14)27-24(29)22(16-4-7-18(8-5-16)28(31)32)23(25(27)30)26-17-6-10-20-21(12-17)34-13-33-20/h3-12,26H,13H2,1-2H3. The highest BCUT2D eigenvalue weighted by molar-refractivity contribution is 6.46. The second-order valence-corrected chi connectivity index (χ2v) is 7.98. The van der Waals surface area contributed by atoms with E-state index in [1.54, 1.807) is 24.3 Å². The van der Waals surface area contributed by atoms with Gasteiger partial charge in [-0.1, -0.05) is 17.7 Å². The molecule has 0 saturated heterocycles. The van der Waals surface area contributed by atoms with Crippen molar-refractivity contribution in [2.45, 2.75) is 13.8 Å². The van der Waals surface area contributed by atoms with Crippen molar-refractivity contribution in [1.82, 2.24) is 0 Å². The van der Waals surface area contributed by atoms with Crippen molar-refractivity contribution in [3.63, 3.8) is 0 Å². The first-order valence-corrected chi connectivity index (χ1v) is 10.5. The Bertz CT molecular complexity index is 1390. The number of carbonyl (C=O) groups excluding carboxylic acids is 2. The zero-order chi connectivity index (χ0) is 24.0. The van der Waals surface area contributed by atoms with Crippen LogP contribution in [0.25, 0.3) is 5.57 Å². The summed E-state index contributed by atoms with van der Waals surface area (Å²) in [7, 11) is 0. The van der Waals surface area contributed by atoms with E-state index in [1.165, 1.54) is 24.3 Å². The summed E-state index contributed by atoms with van der Waals surface area (Å²) in [5, 5.41) is 14.1. The SMILES string of the molecule is Cc1ccc(N2C(=O)C(Nc3ccc4c(c3)OCO4)=C(c3ccc([N+](=O)[O-])cc3)C2=O)c(C)c1. The van der Waals surface area contributed by atoms with Gasteiger partial charge in [0.2, 0.25) is 6.79 Å². The van der Waals surface area contributed by atoms with Gasteiger partial charge < -0.3 is 14.8 Å². The fourth-order valence-electron chi connectivity index (χ4n) is 4.06. The number of rotatable bonds is 5. The molecule has 170 valence electrons. The minimum absolute atomic E-state index is 0.0673. The molecule has 2 heterocycles. The van der Waals surface area contributed by atoms with Gasteiger partial charge in [0.15, 0.2) is 11.5 Å². The van der Waals surface area contributed by atoms with Gasteiger partial charge in [0.25, 0.3) is 17.5 Å². The third kappa shape index (κ3) is 3.53. The number of anilines is 2. The summed E-state index contributed by atoms with van der Waals surface area (Å²) >= 11 is 0. The maximum Gasteiger partial charge on any atom is 0.282 e. The van der Waals surface area contributed by atoms with Gasteiger partial charge in [0.1, 0.15) is 5.70 Å². The Morgan fingerprint density at radius 3 is 2.35 bits per heavy atom. The maximum atomic E-state index is 13.6. The molecule has 9 nitrogen and oxygen atoms in total. The Morgan fingerprint density at radius 1 is 0.912 bits per heavy atom. The lowest BCUT2D eigenvalue weighted by atomic mass is 10.0. The average Bonchev–Trinajstić information content (AvgIpc) is 3.37. The summed E-state index contributed by atoms with van der Waals surface area (Å²) in [6.45, 7) is 3.86. The summed E-state index contributed by atoms with van der Waals surface area (Å²) in [6.07, 6.45) is 0. The smallest absolute Gasteiger partial charge is 0.282 e. The molecule has 0 aromatic heterocycles. The fourth-order valence-corrected chi connectivity index (χ4v) is 4.06. The molecule has 9 heteroatoms. The molecule has 0 saturated carbocycles. The minimum Gasteiger partial charge on any atom is -0.454 e. The van der Waals surface area contributed by atoms with Crippen molar-refractivity contribution >= 4 is 34.4 Å². The van der Waals surface area contributed by atoms with Gasteiger partial charge in [-0.2, -0.15) is 0 Å². The van der Waals surface area contributed by atoms with Gasteiger partial charge >= 0.3 is 0 Å². The topological polar surface area (TPSA) is 111 Å². The van der Waals surface area contributed by atoms with E-state index >= 15 is 0 Å². The van der Waals surface area contributed by atoms with Crippen molar-refractivity contribution in [3.05, 3.63) is 93.2 Å². The van der Waals surface area contributed by atoms with E-state index in [1.807, 2.05) is 26.0 Å². The second kappa shape index (κ2) is 8.04.